The van der Waals surface area contributed by atoms with Gasteiger partial charge in [0.1, 0.15) is 5.25 Å². The van der Waals surface area contributed by atoms with Gasteiger partial charge in [0.05, 0.1) is 9.82 Å². The standard InChI is InChI=1S/C18H20N2O5S2/c1-14(27(24,25)17-9-7-16(8-10-17)20(22)23)18(21)19-11-12-26-13-15-5-3-2-4-6-15/h2-10,14H,11-13H2,1H3,(H,19,21)/t14-/m0/s1. The molecule has 27 heavy (non-hydrogen) atoms. The highest BCUT2D eigenvalue weighted by Crippen LogP contribution is 2.20. The average Bonchev–Trinajstić information content (AvgIpc) is 2.67. The zero-order valence-electron chi connectivity index (χ0n) is 14.7. The molecule has 0 heterocycles. The monoisotopic (exact) mass is 408 g/mol. The molecule has 0 saturated carbocycles. The van der Waals surface area contributed by atoms with Gasteiger partial charge >= 0.3 is 0 Å². The van der Waals surface area contributed by atoms with E-state index in [4.69, 9.17) is 0 Å². The van der Waals surface area contributed by atoms with Gasteiger partial charge in [-0.05, 0) is 24.6 Å². The third kappa shape index (κ3) is 5.80. The number of carbonyl (C=O) groups is 1. The van der Waals surface area contributed by atoms with Crippen LogP contribution in [0.3, 0.4) is 0 Å². The van der Waals surface area contributed by atoms with Gasteiger partial charge in [-0.2, -0.15) is 11.8 Å². The summed E-state index contributed by atoms with van der Waals surface area (Å²) in [4.78, 5) is 22.1. The fraction of sp³-hybridized carbons (Fsp3) is 0.278. The number of sulfone groups is 1. The van der Waals surface area contributed by atoms with Crippen LogP contribution in [0.15, 0.2) is 59.5 Å². The Labute approximate surface area is 162 Å². The third-order valence-corrected chi connectivity index (χ3v) is 6.97. The summed E-state index contributed by atoms with van der Waals surface area (Å²) in [6, 6.07) is 14.4. The van der Waals surface area contributed by atoms with Gasteiger partial charge in [-0.1, -0.05) is 30.3 Å². The maximum absolute atomic E-state index is 12.5. The van der Waals surface area contributed by atoms with Gasteiger partial charge in [-0.15, -0.1) is 0 Å². The summed E-state index contributed by atoms with van der Waals surface area (Å²) in [5.41, 5.74) is 0.976. The van der Waals surface area contributed by atoms with Crippen molar-refractivity contribution in [3.63, 3.8) is 0 Å². The molecule has 0 bridgehead atoms. The van der Waals surface area contributed by atoms with Crippen molar-refractivity contribution < 1.29 is 18.1 Å². The molecule has 0 radical (unpaired) electrons. The first-order valence-electron chi connectivity index (χ1n) is 8.20. The molecule has 0 aliphatic carbocycles. The van der Waals surface area contributed by atoms with Crippen LogP contribution in [0.1, 0.15) is 12.5 Å². The van der Waals surface area contributed by atoms with Gasteiger partial charge in [0.25, 0.3) is 5.69 Å². The Morgan fingerprint density at radius 3 is 2.37 bits per heavy atom. The number of carbonyl (C=O) groups excluding carboxylic acids is 1. The molecule has 1 N–H and O–H groups in total. The van der Waals surface area contributed by atoms with Crippen LogP contribution in [0.5, 0.6) is 0 Å². The van der Waals surface area contributed by atoms with Gasteiger partial charge in [-0.3, -0.25) is 14.9 Å². The van der Waals surface area contributed by atoms with Crippen LogP contribution in [0.25, 0.3) is 0 Å². The van der Waals surface area contributed by atoms with E-state index in [0.717, 1.165) is 30.0 Å². The Bertz CT molecular complexity index is 884. The molecule has 0 saturated heterocycles. The van der Waals surface area contributed by atoms with Gasteiger partial charge in [0.15, 0.2) is 9.84 Å². The Balaban J connectivity index is 1.85. The first-order valence-corrected chi connectivity index (χ1v) is 10.9. The zero-order chi connectivity index (χ0) is 19.9. The first kappa shape index (κ1) is 20.9. The van der Waals surface area contributed by atoms with E-state index in [2.05, 4.69) is 5.32 Å². The van der Waals surface area contributed by atoms with Crippen molar-refractivity contribution in [2.45, 2.75) is 22.8 Å². The first-order chi connectivity index (χ1) is 12.8. The summed E-state index contributed by atoms with van der Waals surface area (Å²) >= 11 is 1.64. The van der Waals surface area contributed by atoms with E-state index >= 15 is 0 Å². The number of benzene rings is 2. The fourth-order valence-electron chi connectivity index (χ4n) is 2.26. The molecular weight excluding hydrogens is 388 g/mol. The fourth-order valence-corrected chi connectivity index (χ4v) is 4.36. The van der Waals surface area contributed by atoms with Crippen LogP contribution in [0.2, 0.25) is 0 Å². The highest BCUT2D eigenvalue weighted by Gasteiger charge is 2.29. The van der Waals surface area contributed by atoms with Gasteiger partial charge in [-0.25, -0.2) is 8.42 Å². The van der Waals surface area contributed by atoms with Crippen LogP contribution in [-0.2, 0) is 20.4 Å². The highest BCUT2D eigenvalue weighted by atomic mass is 32.2. The minimum absolute atomic E-state index is 0.116. The number of nitrogens with zero attached hydrogens (tertiary/aromatic N) is 1. The smallest absolute Gasteiger partial charge is 0.269 e. The highest BCUT2D eigenvalue weighted by molar-refractivity contribution is 7.98. The minimum atomic E-state index is -3.91. The predicted octanol–water partition coefficient (Wildman–Crippen LogP) is 2.81. The summed E-state index contributed by atoms with van der Waals surface area (Å²) in [5.74, 6) is 0.881. The van der Waals surface area contributed by atoms with Crippen molar-refractivity contribution in [1.29, 1.82) is 0 Å². The summed E-state index contributed by atoms with van der Waals surface area (Å²) in [7, 11) is -3.91. The van der Waals surface area contributed by atoms with E-state index in [1.165, 1.54) is 12.5 Å². The van der Waals surface area contributed by atoms with Crippen molar-refractivity contribution in [1.82, 2.24) is 5.32 Å². The second kappa shape index (κ2) is 9.52. The average molecular weight is 409 g/mol. The molecule has 7 nitrogen and oxygen atoms in total. The minimum Gasteiger partial charge on any atom is -0.354 e. The number of thioether (sulfide) groups is 1. The van der Waals surface area contributed by atoms with E-state index in [1.54, 1.807) is 11.8 Å². The SMILES string of the molecule is C[C@@H](C(=O)NCCSCc1ccccc1)S(=O)(=O)c1ccc([N+](=O)[O-])cc1. The summed E-state index contributed by atoms with van der Waals surface area (Å²) in [5, 5.41) is 12.0. The number of hydrogen-bond acceptors (Lipinski definition) is 6. The Kier molecular flexibility index (Phi) is 7.37. The van der Waals surface area contributed by atoms with E-state index in [1.807, 2.05) is 30.3 Å². The number of non-ortho nitro benzene ring substituents is 1. The maximum Gasteiger partial charge on any atom is 0.269 e. The summed E-state index contributed by atoms with van der Waals surface area (Å²) in [6.45, 7) is 1.67. The molecule has 0 spiro atoms. The lowest BCUT2D eigenvalue weighted by atomic mass is 10.2. The Morgan fingerprint density at radius 2 is 1.78 bits per heavy atom. The van der Waals surface area contributed by atoms with Crippen LogP contribution >= 0.6 is 11.8 Å². The molecule has 1 amide bonds. The van der Waals surface area contributed by atoms with Crippen molar-refractivity contribution in [2.24, 2.45) is 0 Å². The molecule has 0 aromatic heterocycles. The lowest BCUT2D eigenvalue weighted by Gasteiger charge is -2.13. The third-order valence-electron chi connectivity index (χ3n) is 3.87. The lowest BCUT2D eigenvalue weighted by molar-refractivity contribution is -0.384. The lowest BCUT2D eigenvalue weighted by Crippen LogP contribution is -2.38. The van der Waals surface area contributed by atoms with E-state index in [0.29, 0.717) is 12.3 Å². The van der Waals surface area contributed by atoms with Gasteiger partial charge in [0.2, 0.25) is 5.91 Å². The van der Waals surface area contributed by atoms with Crippen molar-refractivity contribution >= 4 is 33.2 Å². The molecule has 1 atom stereocenters. The van der Waals surface area contributed by atoms with Gasteiger partial charge in [0, 0.05) is 30.2 Å². The number of amides is 1. The second-order valence-electron chi connectivity index (χ2n) is 5.77. The Hall–Kier alpha value is -2.39. The molecule has 0 aliphatic heterocycles. The number of nitro groups is 1. The molecule has 0 aliphatic rings. The van der Waals surface area contributed by atoms with E-state index in [9.17, 15) is 23.3 Å². The molecule has 9 heteroatoms. The van der Waals surface area contributed by atoms with Gasteiger partial charge < -0.3 is 5.32 Å². The largest absolute Gasteiger partial charge is 0.354 e. The van der Waals surface area contributed by atoms with E-state index in [-0.39, 0.29) is 10.6 Å². The number of hydrogen-bond donors (Lipinski definition) is 1. The molecule has 0 unspecified atom stereocenters. The molecule has 2 aromatic rings. The summed E-state index contributed by atoms with van der Waals surface area (Å²) in [6.07, 6.45) is 0. The molecular formula is C18H20N2O5S2. The maximum atomic E-state index is 12.5. The number of nitrogens with one attached hydrogen (secondary N) is 1. The van der Waals surface area contributed by atoms with Crippen LogP contribution < -0.4 is 5.32 Å². The zero-order valence-corrected chi connectivity index (χ0v) is 16.3. The normalized spacial score (nSPS) is 12.3. The topological polar surface area (TPSA) is 106 Å². The van der Waals surface area contributed by atoms with Crippen molar-refractivity contribution in [3.8, 4) is 0 Å². The molecule has 2 rings (SSSR count). The number of nitro benzene ring substituents is 1. The Morgan fingerprint density at radius 1 is 1.15 bits per heavy atom. The van der Waals surface area contributed by atoms with Crippen molar-refractivity contribution in [2.75, 3.05) is 12.3 Å². The van der Waals surface area contributed by atoms with Crippen molar-refractivity contribution in [3.05, 3.63) is 70.3 Å². The van der Waals surface area contributed by atoms with Crippen LogP contribution in [0.4, 0.5) is 5.69 Å². The predicted molar refractivity (Wildman–Crippen MR) is 105 cm³/mol. The second-order valence-corrected chi connectivity index (χ2v) is 9.14. The number of rotatable bonds is 9. The summed E-state index contributed by atoms with van der Waals surface area (Å²) < 4.78 is 25.0. The molecule has 2 aromatic carbocycles. The quantitative estimate of drug-likeness (QED) is 0.388. The molecule has 144 valence electrons. The molecule has 0 fully saturated rings. The van der Waals surface area contributed by atoms with Crippen LogP contribution in [0, 0.1) is 10.1 Å². The van der Waals surface area contributed by atoms with E-state index < -0.39 is 25.9 Å². The van der Waals surface area contributed by atoms with Crippen LogP contribution in [-0.4, -0.2) is 36.8 Å².